The number of aliphatic carboxylic acids is 1. The van der Waals surface area contributed by atoms with E-state index < -0.39 is 5.97 Å². The number of piperidine rings is 1. The summed E-state index contributed by atoms with van der Waals surface area (Å²) in [5.41, 5.74) is 1.90. The van der Waals surface area contributed by atoms with Gasteiger partial charge in [0.1, 0.15) is 23.4 Å². The number of carboxylic acid groups (broad SMARTS) is 1. The summed E-state index contributed by atoms with van der Waals surface area (Å²) in [7, 11) is 0. The molecule has 2 aliphatic heterocycles. The molecule has 2 fully saturated rings. The van der Waals surface area contributed by atoms with Crippen LogP contribution in [0.5, 0.6) is 11.5 Å². The van der Waals surface area contributed by atoms with Gasteiger partial charge in [0.2, 0.25) is 0 Å². The minimum absolute atomic E-state index is 0.169. The molecule has 1 atom stereocenters. The number of carbonyl (C=O) groups is 1. The Morgan fingerprint density at radius 1 is 1.03 bits per heavy atom. The van der Waals surface area contributed by atoms with Crippen LogP contribution in [-0.4, -0.2) is 50.0 Å². The Hall–Kier alpha value is -2.96. The number of halogens is 1. The molecule has 0 bridgehead atoms. The molecule has 2 aliphatic rings. The van der Waals surface area contributed by atoms with Gasteiger partial charge in [0.15, 0.2) is 0 Å². The molecule has 180 valence electrons. The molecule has 7 heteroatoms. The highest BCUT2D eigenvalue weighted by Crippen LogP contribution is 2.30. The summed E-state index contributed by atoms with van der Waals surface area (Å²) in [5, 5.41) is 7.42. The summed E-state index contributed by atoms with van der Waals surface area (Å²) in [4.78, 5) is 13.5. The molecular weight excluding hydrogens is 423 g/mol. The van der Waals surface area contributed by atoms with E-state index in [-0.39, 0.29) is 11.9 Å². The van der Waals surface area contributed by atoms with Crippen molar-refractivity contribution >= 4 is 17.3 Å². The molecule has 2 aromatic carbocycles. The molecule has 0 saturated carbocycles. The third-order valence-corrected chi connectivity index (χ3v) is 5.94. The molecule has 0 amide bonds. The van der Waals surface area contributed by atoms with E-state index in [1.165, 1.54) is 18.2 Å². The molecule has 6 nitrogen and oxygen atoms in total. The first-order valence-corrected chi connectivity index (χ1v) is 11.7. The standard InChI is InChI=1S/C24H31FN2O2.C2H4O2/c1-3-28-22-8-9-23(25)24(16-22)26-14-11-21(12-15-26)29-20-6-4-19(5-7-20)27-13-10-18(2)17-27;1-2(3)4/h4-9,16,18,21H,3,10-15,17H2,1-2H3;1H3,(H,3,4). The van der Waals surface area contributed by atoms with Crippen LogP contribution in [0, 0.1) is 11.7 Å². The first-order valence-electron chi connectivity index (χ1n) is 11.7. The third kappa shape index (κ3) is 7.27. The molecular formula is C26H35FN2O4. The quantitative estimate of drug-likeness (QED) is 0.641. The fraction of sp³-hybridized carbons (Fsp3) is 0.500. The van der Waals surface area contributed by atoms with Crippen LogP contribution < -0.4 is 19.3 Å². The number of carboxylic acids is 1. The minimum Gasteiger partial charge on any atom is -0.494 e. The van der Waals surface area contributed by atoms with Crippen molar-refractivity contribution in [3.05, 3.63) is 48.3 Å². The van der Waals surface area contributed by atoms with Gasteiger partial charge in [-0.3, -0.25) is 4.79 Å². The van der Waals surface area contributed by atoms with Gasteiger partial charge in [-0.15, -0.1) is 0 Å². The van der Waals surface area contributed by atoms with Gasteiger partial charge in [-0.05, 0) is 55.7 Å². The number of rotatable bonds is 6. The average molecular weight is 459 g/mol. The normalized spacial score (nSPS) is 18.5. The maximum atomic E-state index is 14.3. The fourth-order valence-electron chi connectivity index (χ4n) is 4.30. The van der Waals surface area contributed by atoms with Crippen molar-refractivity contribution in [3.8, 4) is 11.5 Å². The van der Waals surface area contributed by atoms with Crippen LogP contribution in [0.15, 0.2) is 42.5 Å². The number of benzene rings is 2. The zero-order valence-electron chi connectivity index (χ0n) is 19.8. The van der Waals surface area contributed by atoms with Gasteiger partial charge in [-0.25, -0.2) is 4.39 Å². The Morgan fingerprint density at radius 3 is 2.21 bits per heavy atom. The molecule has 2 saturated heterocycles. The van der Waals surface area contributed by atoms with Gasteiger partial charge < -0.3 is 24.4 Å². The number of hydrogen-bond donors (Lipinski definition) is 1. The summed E-state index contributed by atoms with van der Waals surface area (Å²) in [6, 6.07) is 13.5. The summed E-state index contributed by atoms with van der Waals surface area (Å²) in [6.07, 6.45) is 3.19. The lowest BCUT2D eigenvalue weighted by molar-refractivity contribution is -0.134. The second kappa shape index (κ2) is 11.8. The van der Waals surface area contributed by atoms with E-state index in [9.17, 15) is 4.39 Å². The van der Waals surface area contributed by atoms with Crippen LogP contribution >= 0.6 is 0 Å². The van der Waals surface area contributed by atoms with Crippen LogP contribution in [0.4, 0.5) is 15.8 Å². The highest BCUT2D eigenvalue weighted by Gasteiger charge is 2.23. The predicted molar refractivity (Wildman–Crippen MR) is 129 cm³/mol. The summed E-state index contributed by atoms with van der Waals surface area (Å²) in [5.74, 6) is 1.38. The first-order chi connectivity index (χ1) is 15.9. The van der Waals surface area contributed by atoms with Crippen LogP contribution in [0.1, 0.15) is 40.0 Å². The average Bonchev–Trinajstić information content (AvgIpc) is 3.22. The van der Waals surface area contributed by atoms with E-state index in [1.54, 1.807) is 12.1 Å². The molecule has 0 aliphatic carbocycles. The SMILES string of the molecule is CC(=O)O.CCOc1ccc(F)c(N2CCC(Oc3ccc(N4CCC(C)C4)cc3)CC2)c1. The lowest BCUT2D eigenvalue weighted by atomic mass is 10.1. The molecule has 0 aromatic heterocycles. The van der Waals surface area contributed by atoms with Crippen molar-refractivity contribution in [1.29, 1.82) is 0 Å². The van der Waals surface area contributed by atoms with E-state index in [1.807, 2.05) is 6.92 Å². The molecule has 2 heterocycles. The maximum Gasteiger partial charge on any atom is 0.300 e. The monoisotopic (exact) mass is 458 g/mol. The molecule has 1 unspecified atom stereocenters. The third-order valence-electron chi connectivity index (χ3n) is 5.94. The van der Waals surface area contributed by atoms with Crippen LogP contribution in [0.2, 0.25) is 0 Å². The molecule has 0 radical (unpaired) electrons. The second-order valence-corrected chi connectivity index (χ2v) is 8.70. The second-order valence-electron chi connectivity index (χ2n) is 8.70. The van der Waals surface area contributed by atoms with Gasteiger partial charge in [0.05, 0.1) is 12.3 Å². The van der Waals surface area contributed by atoms with Gasteiger partial charge in [-0.2, -0.15) is 0 Å². The molecule has 4 rings (SSSR count). The van der Waals surface area contributed by atoms with Crippen LogP contribution in [-0.2, 0) is 4.79 Å². The molecule has 1 N–H and O–H groups in total. The fourth-order valence-corrected chi connectivity index (χ4v) is 4.30. The Bertz CT molecular complexity index is 894. The number of hydrogen-bond acceptors (Lipinski definition) is 5. The van der Waals surface area contributed by atoms with Gasteiger partial charge in [0.25, 0.3) is 5.97 Å². The lowest BCUT2D eigenvalue weighted by Crippen LogP contribution is -2.38. The summed E-state index contributed by atoms with van der Waals surface area (Å²) >= 11 is 0. The molecule has 0 spiro atoms. The van der Waals surface area contributed by atoms with E-state index in [0.717, 1.165) is 63.4 Å². The van der Waals surface area contributed by atoms with Crippen molar-refractivity contribution in [1.82, 2.24) is 0 Å². The van der Waals surface area contributed by atoms with Crippen molar-refractivity contribution in [3.63, 3.8) is 0 Å². The smallest absolute Gasteiger partial charge is 0.300 e. The Kier molecular flexibility index (Phi) is 8.80. The number of nitrogens with zero attached hydrogens (tertiary/aromatic N) is 2. The molecule has 33 heavy (non-hydrogen) atoms. The van der Waals surface area contributed by atoms with Crippen molar-refractivity contribution in [2.45, 2.75) is 46.1 Å². The number of anilines is 2. The van der Waals surface area contributed by atoms with E-state index in [4.69, 9.17) is 19.4 Å². The first kappa shape index (κ1) is 24.7. The van der Waals surface area contributed by atoms with E-state index >= 15 is 0 Å². The minimum atomic E-state index is -0.833. The Labute approximate surface area is 195 Å². The highest BCUT2D eigenvalue weighted by atomic mass is 19.1. The van der Waals surface area contributed by atoms with Crippen LogP contribution in [0.3, 0.4) is 0 Å². The van der Waals surface area contributed by atoms with Gasteiger partial charge >= 0.3 is 0 Å². The topological polar surface area (TPSA) is 62.2 Å². The van der Waals surface area contributed by atoms with E-state index in [0.29, 0.717) is 12.3 Å². The van der Waals surface area contributed by atoms with Gasteiger partial charge in [-0.1, -0.05) is 6.92 Å². The highest BCUT2D eigenvalue weighted by molar-refractivity contribution is 5.63. The predicted octanol–water partition coefficient (Wildman–Crippen LogP) is 5.21. The van der Waals surface area contributed by atoms with E-state index in [2.05, 4.69) is 41.0 Å². The zero-order valence-corrected chi connectivity index (χ0v) is 19.8. The maximum absolute atomic E-state index is 14.3. The Balaban J connectivity index is 0.000000709. The molecule has 2 aromatic rings. The van der Waals surface area contributed by atoms with Gasteiger partial charge in [0, 0.05) is 57.7 Å². The van der Waals surface area contributed by atoms with Crippen molar-refractivity contribution in [2.24, 2.45) is 5.92 Å². The Morgan fingerprint density at radius 2 is 1.64 bits per heavy atom. The summed E-state index contributed by atoms with van der Waals surface area (Å²) in [6.45, 7) is 9.74. The van der Waals surface area contributed by atoms with Crippen molar-refractivity contribution in [2.75, 3.05) is 42.6 Å². The summed E-state index contributed by atoms with van der Waals surface area (Å²) < 4.78 is 26.0. The zero-order chi connectivity index (χ0) is 23.8. The van der Waals surface area contributed by atoms with Crippen molar-refractivity contribution < 1.29 is 23.8 Å². The number of ether oxygens (including phenoxy) is 2. The lowest BCUT2D eigenvalue weighted by Gasteiger charge is -2.34. The van der Waals surface area contributed by atoms with Crippen LogP contribution in [0.25, 0.3) is 0 Å². The largest absolute Gasteiger partial charge is 0.494 e.